The van der Waals surface area contributed by atoms with Crippen LogP contribution >= 0.6 is 0 Å². The van der Waals surface area contributed by atoms with Crippen molar-refractivity contribution in [1.82, 2.24) is 0 Å². The quantitative estimate of drug-likeness (QED) is 0.111. The van der Waals surface area contributed by atoms with Gasteiger partial charge in [-0.25, -0.2) is 0 Å². The van der Waals surface area contributed by atoms with Crippen LogP contribution < -0.4 is 5.43 Å². The number of carbonyl (C=O) groups is 1. The molecule has 5 N–H and O–H groups in total. The van der Waals surface area contributed by atoms with Crippen molar-refractivity contribution in [3.05, 3.63) is 118 Å². The number of benzene rings is 4. The van der Waals surface area contributed by atoms with Crippen LogP contribution in [0.3, 0.4) is 0 Å². The minimum absolute atomic E-state index is 0.0360. The van der Waals surface area contributed by atoms with E-state index in [1.54, 1.807) is 6.08 Å². The van der Waals surface area contributed by atoms with E-state index in [0.717, 1.165) is 35.4 Å². The standard InChI is InChI=1S/C16H14O.C15H10O7/c1-13-7-5-6-8-14(13)11-12-16(17)15-9-3-2-4-10-15;16-7-4-10(19)12-11(5-7)22-15(14(21)13(12)20)6-1-2-8(17)9(18)3-6/h2-12H,1H3;1-5,16-19,21H. The van der Waals surface area contributed by atoms with Crippen molar-refractivity contribution >= 4 is 22.8 Å². The highest BCUT2D eigenvalue weighted by molar-refractivity contribution is 6.06. The van der Waals surface area contributed by atoms with Crippen LogP contribution in [0.4, 0.5) is 0 Å². The molecule has 0 unspecified atom stereocenters. The van der Waals surface area contributed by atoms with Gasteiger partial charge in [0.15, 0.2) is 23.0 Å². The molecule has 1 heterocycles. The summed E-state index contributed by atoms with van der Waals surface area (Å²) in [5, 5.41) is 47.6. The molecular formula is C31H24O8. The lowest BCUT2D eigenvalue weighted by Crippen LogP contribution is -2.02. The third kappa shape index (κ3) is 5.91. The average Bonchev–Trinajstić information content (AvgIpc) is 2.92. The molecule has 0 saturated carbocycles. The molecule has 0 saturated heterocycles. The fourth-order valence-electron chi connectivity index (χ4n) is 3.77. The molecule has 0 bridgehead atoms. The lowest BCUT2D eigenvalue weighted by molar-refractivity contribution is 0.104. The van der Waals surface area contributed by atoms with Crippen LogP contribution in [-0.4, -0.2) is 31.3 Å². The number of fused-ring (bicyclic) bond motifs is 1. The van der Waals surface area contributed by atoms with Crippen LogP contribution in [0.25, 0.3) is 28.4 Å². The zero-order valence-corrected chi connectivity index (χ0v) is 20.7. The molecule has 0 aliphatic carbocycles. The number of ketones is 1. The summed E-state index contributed by atoms with van der Waals surface area (Å²) in [4.78, 5) is 24.0. The monoisotopic (exact) mass is 524 g/mol. The second kappa shape index (κ2) is 11.3. The molecule has 5 aromatic rings. The number of hydrogen-bond donors (Lipinski definition) is 5. The zero-order chi connectivity index (χ0) is 28.1. The van der Waals surface area contributed by atoms with Gasteiger partial charge in [-0.1, -0.05) is 60.7 Å². The Kier molecular flexibility index (Phi) is 7.67. The van der Waals surface area contributed by atoms with Gasteiger partial charge in [-0.3, -0.25) is 9.59 Å². The second-order valence-corrected chi connectivity index (χ2v) is 8.57. The largest absolute Gasteiger partial charge is 0.508 e. The Bertz CT molecular complexity index is 1750. The smallest absolute Gasteiger partial charge is 0.238 e. The maximum atomic E-state index is 12.1. The number of carbonyl (C=O) groups excluding carboxylic acids is 1. The highest BCUT2D eigenvalue weighted by atomic mass is 16.4. The Labute approximate surface area is 222 Å². The highest BCUT2D eigenvalue weighted by Gasteiger charge is 2.19. The summed E-state index contributed by atoms with van der Waals surface area (Å²) in [6.07, 6.45) is 3.49. The van der Waals surface area contributed by atoms with Gasteiger partial charge in [-0.2, -0.15) is 0 Å². The molecule has 5 rings (SSSR count). The molecule has 8 heteroatoms. The van der Waals surface area contributed by atoms with E-state index < -0.39 is 22.7 Å². The first-order valence-electron chi connectivity index (χ1n) is 11.7. The average molecular weight is 525 g/mol. The van der Waals surface area contributed by atoms with Crippen LogP contribution in [-0.2, 0) is 0 Å². The van der Waals surface area contributed by atoms with Crippen LogP contribution in [0.1, 0.15) is 21.5 Å². The van der Waals surface area contributed by atoms with Crippen molar-refractivity contribution in [2.75, 3.05) is 0 Å². The summed E-state index contributed by atoms with van der Waals surface area (Å²) >= 11 is 0. The number of rotatable bonds is 4. The maximum absolute atomic E-state index is 12.1. The third-order valence-corrected chi connectivity index (χ3v) is 5.83. The Balaban J connectivity index is 0.000000187. The molecule has 0 amide bonds. The molecule has 1 aromatic heterocycles. The summed E-state index contributed by atoms with van der Waals surface area (Å²) < 4.78 is 5.35. The van der Waals surface area contributed by atoms with Gasteiger partial charge >= 0.3 is 0 Å². The first kappa shape index (κ1) is 26.6. The van der Waals surface area contributed by atoms with E-state index in [-0.39, 0.29) is 39.6 Å². The van der Waals surface area contributed by atoms with E-state index in [9.17, 15) is 35.1 Å². The minimum atomic E-state index is -0.888. The molecule has 8 nitrogen and oxygen atoms in total. The summed E-state index contributed by atoms with van der Waals surface area (Å²) in [7, 11) is 0. The van der Waals surface area contributed by atoms with Crippen molar-refractivity contribution in [2.45, 2.75) is 6.92 Å². The van der Waals surface area contributed by atoms with Gasteiger partial charge in [-0.05, 0) is 42.3 Å². The fourth-order valence-corrected chi connectivity index (χ4v) is 3.77. The van der Waals surface area contributed by atoms with Gasteiger partial charge < -0.3 is 29.9 Å². The molecule has 39 heavy (non-hydrogen) atoms. The summed E-state index contributed by atoms with van der Waals surface area (Å²) in [5.74, 6) is -2.68. The SMILES string of the molecule is Cc1ccccc1C=CC(=O)c1ccccc1.O=c1c(O)c(-c2ccc(O)c(O)c2)oc2cc(O)cc(O)c12. The van der Waals surface area contributed by atoms with E-state index in [1.165, 1.54) is 11.6 Å². The topological polar surface area (TPSA) is 148 Å². The van der Waals surface area contributed by atoms with Gasteiger partial charge in [0.05, 0.1) is 0 Å². The van der Waals surface area contributed by atoms with Gasteiger partial charge in [-0.15, -0.1) is 0 Å². The summed E-state index contributed by atoms with van der Waals surface area (Å²) in [5.41, 5.74) is 2.08. The van der Waals surface area contributed by atoms with Crippen molar-refractivity contribution in [3.8, 4) is 40.1 Å². The maximum Gasteiger partial charge on any atom is 0.238 e. The Morgan fingerprint density at radius 3 is 2.15 bits per heavy atom. The van der Waals surface area contributed by atoms with E-state index >= 15 is 0 Å². The van der Waals surface area contributed by atoms with E-state index in [1.807, 2.05) is 67.6 Å². The molecule has 0 aliphatic heterocycles. The molecule has 0 atom stereocenters. The van der Waals surface area contributed by atoms with E-state index in [0.29, 0.717) is 0 Å². The van der Waals surface area contributed by atoms with Crippen molar-refractivity contribution in [2.24, 2.45) is 0 Å². The first-order valence-corrected chi connectivity index (χ1v) is 11.7. The normalized spacial score (nSPS) is 10.8. The van der Waals surface area contributed by atoms with Crippen LogP contribution in [0.15, 0.2) is 100 Å². The number of phenols is 4. The van der Waals surface area contributed by atoms with Crippen molar-refractivity contribution in [1.29, 1.82) is 0 Å². The van der Waals surface area contributed by atoms with E-state index in [4.69, 9.17) is 4.42 Å². The predicted molar refractivity (Wildman–Crippen MR) is 147 cm³/mol. The number of allylic oxidation sites excluding steroid dienone is 1. The molecule has 0 spiro atoms. The molecule has 0 fully saturated rings. The lowest BCUT2D eigenvalue weighted by atomic mass is 10.1. The number of aryl methyl sites for hydroxylation is 1. The van der Waals surface area contributed by atoms with Gasteiger partial charge in [0.1, 0.15) is 22.5 Å². The number of aromatic hydroxyl groups is 5. The zero-order valence-electron chi connectivity index (χ0n) is 20.7. The number of hydrogen-bond acceptors (Lipinski definition) is 8. The Hall–Kier alpha value is -5.50. The molecule has 0 radical (unpaired) electrons. The fraction of sp³-hybridized carbons (Fsp3) is 0.0323. The van der Waals surface area contributed by atoms with E-state index in [2.05, 4.69) is 0 Å². The van der Waals surface area contributed by atoms with Gasteiger partial charge in [0, 0.05) is 23.3 Å². The van der Waals surface area contributed by atoms with Gasteiger partial charge in [0.25, 0.3) is 0 Å². The summed E-state index contributed by atoms with van der Waals surface area (Å²) in [6.45, 7) is 2.03. The third-order valence-electron chi connectivity index (χ3n) is 5.83. The lowest BCUT2D eigenvalue weighted by Gasteiger charge is -2.08. The number of phenolic OH excluding ortho intramolecular Hbond substituents is 4. The molecule has 196 valence electrons. The summed E-state index contributed by atoms with van der Waals surface area (Å²) in [6, 6.07) is 22.9. The molecule has 4 aromatic carbocycles. The minimum Gasteiger partial charge on any atom is -0.508 e. The Morgan fingerprint density at radius 2 is 1.46 bits per heavy atom. The van der Waals surface area contributed by atoms with Gasteiger partial charge in [0.2, 0.25) is 11.2 Å². The second-order valence-electron chi connectivity index (χ2n) is 8.57. The van der Waals surface area contributed by atoms with Crippen LogP contribution in [0.2, 0.25) is 0 Å². The van der Waals surface area contributed by atoms with Crippen molar-refractivity contribution < 1.29 is 34.7 Å². The first-order chi connectivity index (χ1) is 18.7. The van der Waals surface area contributed by atoms with Crippen LogP contribution in [0.5, 0.6) is 28.7 Å². The molecular weight excluding hydrogens is 500 g/mol. The van der Waals surface area contributed by atoms with Crippen molar-refractivity contribution in [3.63, 3.8) is 0 Å². The predicted octanol–water partition coefficient (Wildman–Crippen LogP) is 5.88. The molecule has 0 aliphatic rings. The Morgan fingerprint density at radius 1 is 0.769 bits per heavy atom. The highest BCUT2D eigenvalue weighted by Crippen LogP contribution is 2.37. The van der Waals surface area contributed by atoms with Crippen LogP contribution in [0, 0.1) is 6.92 Å².